The first-order valence-corrected chi connectivity index (χ1v) is 5.95. The minimum Gasteiger partial charge on any atom is -0.359 e. The molecule has 0 radical (unpaired) electrons. The Morgan fingerprint density at radius 1 is 1.57 bits per heavy atom. The summed E-state index contributed by atoms with van der Waals surface area (Å²) >= 11 is 0. The zero-order valence-corrected chi connectivity index (χ0v) is 8.88. The van der Waals surface area contributed by atoms with E-state index in [2.05, 4.69) is 5.32 Å². The van der Waals surface area contributed by atoms with Crippen LogP contribution in [-0.4, -0.2) is 38.8 Å². The molecule has 3 N–H and O–H groups in total. The quantitative estimate of drug-likeness (QED) is 0.603. The van der Waals surface area contributed by atoms with Gasteiger partial charge >= 0.3 is 0 Å². The van der Waals surface area contributed by atoms with Crippen LogP contribution in [0.2, 0.25) is 0 Å². The van der Waals surface area contributed by atoms with Gasteiger partial charge in [-0.1, -0.05) is 0 Å². The van der Waals surface area contributed by atoms with Crippen LogP contribution in [0.25, 0.3) is 0 Å². The van der Waals surface area contributed by atoms with Gasteiger partial charge in [-0.25, -0.2) is 5.14 Å². The summed E-state index contributed by atoms with van der Waals surface area (Å²) < 4.78 is 23.2. The lowest BCUT2D eigenvalue weighted by Gasteiger charge is -2.29. The minimum atomic E-state index is -3.65. The third kappa shape index (κ3) is 2.66. The van der Waals surface area contributed by atoms with E-state index in [0.717, 1.165) is 4.31 Å². The average molecular weight is 221 g/mol. The molecule has 6 nitrogen and oxygen atoms in total. The summed E-state index contributed by atoms with van der Waals surface area (Å²) in [5, 5.41) is 7.49. The van der Waals surface area contributed by atoms with Gasteiger partial charge in [-0.15, -0.1) is 0 Å². The molecular weight excluding hydrogens is 206 g/mol. The van der Waals surface area contributed by atoms with Crippen molar-refractivity contribution < 1.29 is 13.2 Å². The summed E-state index contributed by atoms with van der Waals surface area (Å²) in [6.45, 7) is 0.602. The van der Waals surface area contributed by atoms with E-state index in [1.807, 2.05) is 0 Å². The zero-order valence-electron chi connectivity index (χ0n) is 8.06. The van der Waals surface area contributed by atoms with E-state index in [1.54, 1.807) is 0 Å². The molecule has 0 aromatic carbocycles. The fourth-order valence-corrected chi connectivity index (χ4v) is 2.36. The molecule has 1 rings (SSSR count). The third-order valence-corrected chi connectivity index (χ3v) is 3.41. The summed E-state index contributed by atoms with van der Waals surface area (Å²) in [4.78, 5) is 11.3. The highest BCUT2D eigenvalue weighted by Crippen LogP contribution is 2.17. The number of nitrogens with zero attached hydrogens (tertiary/aromatic N) is 1. The summed E-state index contributed by atoms with van der Waals surface area (Å²) in [7, 11) is -2.11. The topological polar surface area (TPSA) is 92.5 Å². The van der Waals surface area contributed by atoms with Gasteiger partial charge in [0, 0.05) is 20.1 Å². The maximum absolute atomic E-state index is 11.3. The standard InChI is InChI=1S/C7H15N3O3S/c1-9-7(11)6-3-2-4-10(5-6)14(8,12)13/h6H,2-5H2,1H3,(H,9,11)(H2,8,12,13). The van der Waals surface area contributed by atoms with E-state index < -0.39 is 10.2 Å². The molecule has 0 saturated carbocycles. The second-order valence-corrected chi connectivity index (χ2v) is 4.90. The predicted molar refractivity (Wildman–Crippen MR) is 51.5 cm³/mol. The van der Waals surface area contributed by atoms with Crippen LogP contribution in [0.1, 0.15) is 12.8 Å². The maximum Gasteiger partial charge on any atom is 0.276 e. The second-order valence-electron chi connectivity index (χ2n) is 3.36. The van der Waals surface area contributed by atoms with Gasteiger partial charge in [0.1, 0.15) is 0 Å². The number of carbonyl (C=O) groups excluding carboxylic acids is 1. The Morgan fingerprint density at radius 3 is 2.71 bits per heavy atom. The molecule has 1 aliphatic heterocycles. The van der Waals surface area contributed by atoms with Gasteiger partial charge in [-0.3, -0.25) is 4.79 Å². The summed E-state index contributed by atoms with van der Waals surface area (Å²) in [6.07, 6.45) is 1.39. The van der Waals surface area contributed by atoms with E-state index in [9.17, 15) is 13.2 Å². The number of piperidine rings is 1. The normalized spacial score (nSPS) is 24.6. The fourth-order valence-electron chi connectivity index (χ4n) is 1.59. The van der Waals surface area contributed by atoms with Crippen LogP contribution in [0.5, 0.6) is 0 Å². The molecule has 1 saturated heterocycles. The number of hydrogen-bond acceptors (Lipinski definition) is 3. The van der Waals surface area contributed by atoms with Crippen LogP contribution < -0.4 is 10.5 Å². The molecule has 82 valence electrons. The number of hydrogen-bond donors (Lipinski definition) is 2. The van der Waals surface area contributed by atoms with Gasteiger partial charge < -0.3 is 5.32 Å². The van der Waals surface area contributed by atoms with E-state index in [-0.39, 0.29) is 18.4 Å². The molecule has 1 fully saturated rings. The zero-order chi connectivity index (χ0) is 10.8. The van der Waals surface area contributed by atoms with Gasteiger partial charge in [0.25, 0.3) is 10.2 Å². The molecule has 1 unspecified atom stereocenters. The van der Waals surface area contributed by atoms with Crippen LogP contribution in [0.3, 0.4) is 0 Å². The Labute approximate surface area is 83.6 Å². The lowest BCUT2D eigenvalue weighted by atomic mass is 9.99. The third-order valence-electron chi connectivity index (χ3n) is 2.36. The van der Waals surface area contributed by atoms with Crippen LogP contribution >= 0.6 is 0 Å². The Kier molecular flexibility index (Phi) is 3.46. The van der Waals surface area contributed by atoms with Gasteiger partial charge in [0.05, 0.1) is 5.92 Å². The first-order chi connectivity index (χ1) is 6.45. The summed E-state index contributed by atoms with van der Waals surface area (Å²) in [5.41, 5.74) is 0. The van der Waals surface area contributed by atoms with E-state index >= 15 is 0 Å². The van der Waals surface area contributed by atoms with Crippen LogP contribution in [-0.2, 0) is 15.0 Å². The highest BCUT2D eigenvalue weighted by atomic mass is 32.2. The largest absolute Gasteiger partial charge is 0.359 e. The van der Waals surface area contributed by atoms with Crippen molar-refractivity contribution in [2.75, 3.05) is 20.1 Å². The van der Waals surface area contributed by atoms with Gasteiger partial charge in [-0.2, -0.15) is 12.7 Å². The lowest BCUT2D eigenvalue weighted by molar-refractivity contribution is -0.125. The average Bonchev–Trinajstić information content (AvgIpc) is 2.15. The number of amides is 1. The van der Waals surface area contributed by atoms with Gasteiger partial charge in [0.15, 0.2) is 0 Å². The number of rotatable bonds is 2. The molecule has 0 spiro atoms. The Hall–Kier alpha value is -0.660. The number of carbonyl (C=O) groups is 1. The molecule has 0 aromatic rings. The van der Waals surface area contributed by atoms with Crippen molar-refractivity contribution in [3.05, 3.63) is 0 Å². The molecular formula is C7H15N3O3S. The minimum absolute atomic E-state index is 0.127. The highest BCUT2D eigenvalue weighted by Gasteiger charge is 2.29. The van der Waals surface area contributed by atoms with Crippen LogP contribution in [0.4, 0.5) is 0 Å². The van der Waals surface area contributed by atoms with Crippen molar-refractivity contribution in [2.45, 2.75) is 12.8 Å². The highest BCUT2D eigenvalue weighted by molar-refractivity contribution is 7.86. The van der Waals surface area contributed by atoms with Crippen molar-refractivity contribution in [2.24, 2.45) is 11.1 Å². The number of nitrogens with two attached hydrogens (primary N) is 1. The van der Waals surface area contributed by atoms with Gasteiger partial charge in [0.2, 0.25) is 5.91 Å². The Balaban J connectivity index is 2.65. The Morgan fingerprint density at radius 2 is 2.21 bits per heavy atom. The van der Waals surface area contributed by atoms with Gasteiger partial charge in [-0.05, 0) is 12.8 Å². The fraction of sp³-hybridized carbons (Fsp3) is 0.857. The molecule has 0 bridgehead atoms. The molecule has 1 aliphatic rings. The lowest BCUT2D eigenvalue weighted by Crippen LogP contribution is -2.47. The smallest absolute Gasteiger partial charge is 0.276 e. The molecule has 1 heterocycles. The van der Waals surface area contributed by atoms with E-state index in [1.165, 1.54) is 7.05 Å². The molecule has 0 aliphatic carbocycles. The molecule has 14 heavy (non-hydrogen) atoms. The van der Waals surface area contributed by atoms with E-state index in [4.69, 9.17) is 5.14 Å². The van der Waals surface area contributed by atoms with Crippen molar-refractivity contribution in [1.82, 2.24) is 9.62 Å². The monoisotopic (exact) mass is 221 g/mol. The second kappa shape index (κ2) is 4.24. The van der Waals surface area contributed by atoms with E-state index in [0.29, 0.717) is 19.4 Å². The number of nitrogens with one attached hydrogen (secondary N) is 1. The SMILES string of the molecule is CNC(=O)C1CCCN(S(N)(=O)=O)C1. The summed E-state index contributed by atoms with van der Waals surface area (Å²) in [6, 6.07) is 0. The van der Waals surface area contributed by atoms with Crippen molar-refractivity contribution in [3.63, 3.8) is 0 Å². The van der Waals surface area contributed by atoms with Crippen LogP contribution in [0, 0.1) is 5.92 Å². The first kappa shape index (κ1) is 11.4. The molecule has 1 amide bonds. The molecule has 7 heteroatoms. The maximum atomic E-state index is 11.3. The van der Waals surface area contributed by atoms with Crippen molar-refractivity contribution >= 4 is 16.1 Å². The van der Waals surface area contributed by atoms with Crippen LogP contribution in [0.15, 0.2) is 0 Å². The molecule has 0 aromatic heterocycles. The first-order valence-electron chi connectivity index (χ1n) is 4.44. The Bertz CT molecular complexity index is 314. The predicted octanol–water partition coefficient (Wildman–Crippen LogP) is -1.35. The molecule has 1 atom stereocenters. The summed E-state index contributed by atoms with van der Waals surface area (Å²) in [5.74, 6) is -0.398. The van der Waals surface area contributed by atoms with Crippen molar-refractivity contribution in [3.8, 4) is 0 Å². The van der Waals surface area contributed by atoms with Crippen molar-refractivity contribution in [1.29, 1.82) is 0 Å².